The summed E-state index contributed by atoms with van der Waals surface area (Å²) < 4.78 is 0. The monoisotopic (exact) mass is 438 g/mol. The van der Waals surface area contributed by atoms with Crippen LogP contribution in [0.15, 0.2) is 72.9 Å². The summed E-state index contributed by atoms with van der Waals surface area (Å²) in [6.45, 7) is 4.22. The summed E-state index contributed by atoms with van der Waals surface area (Å²) in [5, 5.41) is 7.49. The highest BCUT2D eigenvalue weighted by Crippen LogP contribution is 2.34. The number of carbonyl (C=O) groups excluding carboxylic acids is 2. The summed E-state index contributed by atoms with van der Waals surface area (Å²) in [6.07, 6.45) is 2.74. The van der Waals surface area contributed by atoms with E-state index in [1.807, 2.05) is 65.7 Å². The summed E-state index contributed by atoms with van der Waals surface area (Å²) in [4.78, 5) is 30.6. The van der Waals surface area contributed by atoms with Gasteiger partial charge in [-0.15, -0.1) is 0 Å². The van der Waals surface area contributed by atoms with Crippen molar-refractivity contribution in [2.45, 2.75) is 26.3 Å². The first kappa shape index (κ1) is 20.8. The average Bonchev–Trinajstić information content (AvgIpc) is 3.20. The quantitative estimate of drug-likeness (QED) is 0.387. The second-order valence-corrected chi connectivity index (χ2v) is 8.53. The minimum absolute atomic E-state index is 0.0856. The summed E-state index contributed by atoms with van der Waals surface area (Å²) in [5.41, 5.74) is 5.88. The van der Waals surface area contributed by atoms with Crippen LogP contribution in [0.2, 0.25) is 0 Å². The summed E-state index contributed by atoms with van der Waals surface area (Å²) in [5.74, 6) is -0.265. The fourth-order valence-corrected chi connectivity index (χ4v) is 4.42. The molecule has 5 rings (SSSR count). The molecule has 4 aromatic rings. The van der Waals surface area contributed by atoms with Crippen molar-refractivity contribution in [3.05, 3.63) is 78.5 Å². The number of anilines is 3. The number of aromatic amines is 1. The lowest BCUT2D eigenvalue weighted by molar-refractivity contribution is -0.114. The molecule has 0 radical (unpaired) electrons. The van der Waals surface area contributed by atoms with E-state index < -0.39 is 0 Å². The van der Waals surface area contributed by atoms with E-state index in [4.69, 9.17) is 0 Å². The van der Waals surface area contributed by atoms with Gasteiger partial charge in [0.15, 0.2) is 0 Å². The van der Waals surface area contributed by atoms with Gasteiger partial charge in [-0.1, -0.05) is 24.3 Å². The van der Waals surface area contributed by atoms with Gasteiger partial charge in [0.05, 0.1) is 11.4 Å². The molecule has 1 aliphatic rings. The Kier molecular flexibility index (Phi) is 5.34. The topological polar surface area (TPSA) is 77.2 Å². The molecule has 0 saturated carbocycles. The Morgan fingerprint density at radius 1 is 1.03 bits per heavy atom. The van der Waals surface area contributed by atoms with Crippen LogP contribution < -0.4 is 15.5 Å². The third-order valence-electron chi connectivity index (χ3n) is 6.07. The zero-order chi connectivity index (χ0) is 22.9. The number of rotatable bonds is 3. The summed E-state index contributed by atoms with van der Waals surface area (Å²) in [6, 6.07) is 21.8. The number of fused-ring (bicyclic) bond motifs is 2. The van der Waals surface area contributed by atoms with E-state index in [2.05, 4.69) is 28.6 Å². The van der Waals surface area contributed by atoms with E-state index in [9.17, 15) is 9.59 Å². The zero-order valence-electron chi connectivity index (χ0n) is 18.7. The maximum atomic E-state index is 13.6. The van der Waals surface area contributed by atoms with Crippen molar-refractivity contribution < 1.29 is 9.59 Å². The minimum atomic E-state index is -0.179. The first-order chi connectivity index (χ1) is 16.0. The lowest BCUT2D eigenvalue weighted by atomic mass is 9.99. The van der Waals surface area contributed by atoms with Crippen LogP contribution in [0.3, 0.4) is 0 Å². The van der Waals surface area contributed by atoms with Gasteiger partial charge in [-0.2, -0.15) is 0 Å². The van der Waals surface area contributed by atoms with Crippen molar-refractivity contribution in [3.63, 3.8) is 0 Å². The molecule has 166 valence electrons. The third-order valence-corrected chi connectivity index (χ3v) is 6.07. The Morgan fingerprint density at radius 2 is 1.88 bits per heavy atom. The number of benzene rings is 3. The molecule has 6 heteroatoms. The highest BCUT2D eigenvalue weighted by atomic mass is 16.2. The molecule has 6 nitrogen and oxygen atoms in total. The van der Waals surface area contributed by atoms with Crippen molar-refractivity contribution in [2.24, 2.45) is 0 Å². The molecule has 0 fully saturated rings. The Bertz CT molecular complexity index is 1360. The number of H-pyrrole nitrogens is 1. The Labute approximate surface area is 192 Å². The molecular weight excluding hydrogens is 412 g/mol. The van der Waals surface area contributed by atoms with Crippen LogP contribution in [0.1, 0.15) is 30.6 Å². The molecule has 2 heterocycles. The maximum absolute atomic E-state index is 13.6. The third kappa shape index (κ3) is 4.07. The zero-order valence-corrected chi connectivity index (χ0v) is 18.7. The first-order valence-corrected chi connectivity index (χ1v) is 11.2. The van der Waals surface area contributed by atoms with Gasteiger partial charge in [-0.05, 0) is 66.8 Å². The van der Waals surface area contributed by atoms with Crippen molar-refractivity contribution in [1.82, 2.24) is 4.98 Å². The molecular formula is C27H26N4O2. The maximum Gasteiger partial charge on any atom is 0.258 e. The molecule has 1 atom stereocenters. The number of aromatic nitrogens is 1. The molecule has 3 N–H and O–H groups in total. The van der Waals surface area contributed by atoms with E-state index in [-0.39, 0.29) is 17.9 Å². The van der Waals surface area contributed by atoms with Crippen LogP contribution in [0.5, 0.6) is 0 Å². The molecule has 0 aliphatic carbocycles. The Balaban J connectivity index is 1.55. The molecule has 1 aromatic heterocycles. The molecule has 2 amide bonds. The van der Waals surface area contributed by atoms with E-state index in [1.54, 1.807) is 6.07 Å². The summed E-state index contributed by atoms with van der Waals surface area (Å²) >= 11 is 0. The van der Waals surface area contributed by atoms with Gasteiger partial charge in [0.1, 0.15) is 0 Å². The van der Waals surface area contributed by atoms with Gasteiger partial charge in [0.2, 0.25) is 5.91 Å². The standard InChI is InChI=1S/C27H26N4O2/c1-17-12-14-31(26-6-4-3-5-24(26)29-17)27(33)21-7-9-22(25(16-21)30-18(2)32)19-8-10-23-20(15-19)11-13-28-23/h3-11,13,15-17,28-29H,12,14H2,1-2H3,(H,30,32). The van der Waals surface area contributed by atoms with Crippen molar-refractivity contribution in [3.8, 4) is 11.1 Å². The Morgan fingerprint density at radius 3 is 2.73 bits per heavy atom. The number of amides is 2. The van der Waals surface area contributed by atoms with Crippen LogP contribution in [-0.2, 0) is 4.79 Å². The molecule has 0 spiro atoms. The molecule has 0 saturated heterocycles. The van der Waals surface area contributed by atoms with Crippen LogP contribution in [-0.4, -0.2) is 29.4 Å². The minimum Gasteiger partial charge on any atom is -0.381 e. The van der Waals surface area contributed by atoms with Gasteiger partial charge in [-0.3, -0.25) is 9.59 Å². The van der Waals surface area contributed by atoms with Crippen LogP contribution in [0.25, 0.3) is 22.0 Å². The summed E-state index contributed by atoms with van der Waals surface area (Å²) in [7, 11) is 0. The number of para-hydroxylation sites is 2. The predicted octanol–water partition coefficient (Wildman–Crippen LogP) is 5.64. The lowest BCUT2D eigenvalue weighted by Gasteiger charge is -2.23. The SMILES string of the molecule is CC(=O)Nc1cc(C(=O)N2CCC(C)Nc3ccccc32)ccc1-c1ccc2[nH]ccc2c1. The second kappa shape index (κ2) is 8.47. The molecule has 3 aromatic carbocycles. The molecule has 0 bridgehead atoms. The number of hydrogen-bond acceptors (Lipinski definition) is 3. The first-order valence-electron chi connectivity index (χ1n) is 11.2. The van der Waals surface area contributed by atoms with E-state index in [1.165, 1.54) is 6.92 Å². The largest absolute Gasteiger partial charge is 0.381 e. The van der Waals surface area contributed by atoms with Gasteiger partial charge >= 0.3 is 0 Å². The number of nitrogens with one attached hydrogen (secondary N) is 3. The number of hydrogen-bond donors (Lipinski definition) is 3. The smallest absolute Gasteiger partial charge is 0.258 e. The van der Waals surface area contributed by atoms with E-state index in [0.717, 1.165) is 39.8 Å². The van der Waals surface area contributed by atoms with Gasteiger partial charge in [0, 0.05) is 48.0 Å². The average molecular weight is 439 g/mol. The van der Waals surface area contributed by atoms with Crippen LogP contribution in [0.4, 0.5) is 17.1 Å². The lowest BCUT2D eigenvalue weighted by Crippen LogP contribution is -2.32. The highest BCUT2D eigenvalue weighted by molar-refractivity contribution is 6.09. The van der Waals surface area contributed by atoms with Gasteiger partial charge in [-0.25, -0.2) is 0 Å². The van der Waals surface area contributed by atoms with Crippen molar-refractivity contribution in [1.29, 1.82) is 0 Å². The molecule has 1 unspecified atom stereocenters. The van der Waals surface area contributed by atoms with E-state index in [0.29, 0.717) is 17.8 Å². The Hall–Kier alpha value is -4.06. The van der Waals surface area contributed by atoms with Crippen molar-refractivity contribution in [2.75, 3.05) is 22.1 Å². The second-order valence-electron chi connectivity index (χ2n) is 8.53. The van der Waals surface area contributed by atoms with Crippen molar-refractivity contribution >= 4 is 39.8 Å². The van der Waals surface area contributed by atoms with E-state index >= 15 is 0 Å². The normalized spacial score (nSPS) is 15.5. The predicted molar refractivity (Wildman–Crippen MR) is 134 cm³/mol. The van der Waals surface area contributed by atoms with Gasteiger partial charge in [0.25, 0.3) is 5.91 Å². The van der Waals surface area contributed by atoms with Crippen LogP contribution in [0, 0.1) is 0 Å². The number of nitrogens with zero attached hydrogens (tertiary/aromatic N) is 1. The van der Waals surface area contributed by atoms with Crippen LogP contribution >= 0.6 is 0 Å². The fourth-order valence-electron chi connectivity index (χ4n) is 4.42. The fraction of sp³-hybridized carbons (Fsp3) is 0.185. The molecule has 33 heavy (non-hydrogen) atoms. The van der Waals surface area contributed by atoms with Gasteiger partial charge < -0.3 is 20.5 Å². The molecule has 1 aliphatic heterocycles. The number of carbonyl (C=O) groups is 2. The highest BCUT2D eigenvalue weighted by Gasteiger charge is 2.25.